The van der Waals surface area contributed by atoms with Crippen LogP contribution in [0.2, 0.25) is 0 Å². The number of nitrogens with zero attached hydrogens (tertiary/aromatic N) is 6. The third kappa shape index (κ3) is 4.87. The number of benzene rings is 7. The molecule has 12 rings (SSSR count). The molecule has 7 aromatic carbocycles. The first-order chi connectivity index (χ1) is 29.1. The number of para-hydroxylation sites is 3. The van der Waals surface area contributed by atoms with Crippen molar-refractivity contribution >= 4 is 43.7 Å². The van der Waals surface area contributed by atoms with Gasteiger partial charge in [0.2, 0.25) is 5.95 Å². The Hall–Kier alpha value is -7.70. The van der Waals surface area contributed by atoms with E-state index >= 15 is 0 Å². The van der Waals surface area contributed by atoms with Gasteiger partial charge in [0.25, 0.3) is 0 Å². The highest BCUT2D eigenvalue weighted by atomic mass is 15.2. The molecular weight excluding hydrogens is 721 g/mol. The Balaban J connectivity index is 1.13. The second-order valence-electron chi connectivity index (χ2n) is 15.8. The van der Waals surface area contributed by atoms with E-state index in [9.17, 15) is 0 Å². The predicted molar refractivity (Wildman–Crippen MR) is 240 cm³/mol. The van der Waals surface area contributed by atoms with Crippen LogP contribution < -0.4 is 0 Å². The molecule has 0 spiro atoms. The van der Waals surface area contributed by atoms with E-state index in [0.29, 0.717) is 17.6 Å². The molecule has 278 valence electrons. The van der Waals surface area contributed by atoms with Gasteiger partial charge >= 0.3 is 0 Å². The van der Waals surface area contributed by atoms with E-state index in [-0.39, 0.29) is 5.41 Å². The van der Waals surface area contributed by atoms with E-state index in [1.807, 2.05) is 30.5 Å². The monoisotopic (exact) mass is 756 g/mol. The maximum Gasteiger partial charge on any atom is 0.238 e. The predicted octanol–water partition coefficient (Wildman–Crippen LogP) is 12.8. The minimum atomic E-state index is -0.170. The average molecular weight is 757 g/mol. The summed E-state index contributed by atoms with van der Waals surface area (Å²) < 4.78 is 4.51. The quantitative estimate of drug-likeness (QED) is 0.175. The molecule has 6 nitrogen and oxygen atoms in total. The molecule has 11 aromatic rings. The van der Waals surface area contributed by atoms with Crippen LogP contribution in [0, 0.1) is 0 Å². The Morgan fingerprint density at radius 1 is 0.424 bits per heavy atom. The highest BCUT2D eigenvalue weighted by Crippen LogP contribution is 2.53. The summed E-state index contributed by atoms with van der Waals surface area (Å²) in [6, 6.07) is 62.1. The Morgan fingerprint density at radius 2 is 1.02 bits per heavy atom. The average Bonchev–Trinajstić information content (AvgIpc) is 3.90. The Morgan fingerprint density at radius 3 is 1.86 bits per heavy atom. The number of hydrogen-bond acceptors (Lipinski definition) is 4. The fourth-order valence-electron chi connectivity index (χ4n) is 9.73. The van der Waals surface area contributed by atoms with Crippen LogP contribution in [0.5, 0.6) is 0 Å². The molecule has 59 heavy (non-hydrogen) atoms. The molecule has 4 heterocycles. The number of aromatic nitrogens is 6. The summed E-state index contributed by atoms with van der Waals surface area (Å²) in [4.78, 5) is 20.8. The summed E-state index contributed by atoms with van der Waals surface area (Å²) in [5, 5.41) is 3.41. The summed E-state index contributed by atoms with van der Waals surface area (Å²) in [6.07, 6.45) is 1.86. The lowest BCUT2D eigenvalue weighted by Crippen LogP contribution is -2.16. The van der Waals surface area contributed by atoms with Crippen molar-refractivity contribution < 1.29 is 0 Å². The normalized spacial score (nSPS) is 13.1. The summed E-state index contributed by atoms with van der Waals surface area (Å²) in [7, 11) is 0. The van der Waals surface area contributed by atoms with Gasteiger partial charge in [0, 0.05) is 38.9 Å². The Bertz CT molecular complexity index is 3430. The van der Waals surface area contributed by atoms with Crippen LogP contribution >= 0.6 is 0 Å². The molecule has 0 unspecified atom stereocenters. The SMILES string of the molecule is CC1(C)c2ccccc2-c2cccc(-c3cccc4c3c3ccccc3n4-c3nc(-c4ccccc4)nc(-c4ccccc4-n4c5ccccc5c5ncccc54)n3)c21. The molecule has 6 heteroatoms. The van der Waals surface area contributed by atoms with Gasteiger partial charge in [-0.05, 0) is 75.8 Å². The first-order valence-corrected chi connectivity index (χ1v) is 20.1. The van der Waals surface area contributed by atoms with Crippen molar-refractivity contribution in [3.05, 3.63) is 193 Å². The van der Waals surface area contributed by atoms with Crippen molar-refractivity contribution in [2.75, 3.05) is 0 Å². The third-order valence-electron chi connectivity index (χ3n) is 12.2. The van der Waals surface area contributed by atoms with E-state index in [2.05, 4.69) is 175 Å². The maximum atomic E-state index is 5.42. The van der Waals surface area contributed by atoms with Crippen LogP contribution in [0.4, 0.5) is 0 Å². The number of rotatable bonds is 5. The van der Waals surface area contributed by atoms with Gasteiger partial charge < -0.3 is 4.57 Å². The molecule has 0 fully saturated rings. The van der Waals surface area contributed by atoms with E-state index in [0.717, 1.165) is 55.2 Å². The molecular formula is C53H36N6. The van der Waals surface area contributed by atoms with Gasteiger partial charge in [-0.2, -0.15) is 9.97 Å². The van der Waals surface area contributed by atoms with Crippen molar-refractivity contribution in [3.8, 4) is 56.7 Å². The number of hydrogen-bond donors (Lipinski definition) is 0. The highest BCUT2D eigenvalue weighted by molar-refractivity contribution is 6.16. The second kappa shape index (κ2) is 12.7. The molecule has 4 aromatic heterocycles. The summed E-state index contributed by atoms with van der Waals surface area (Å²) >= 11 is 0. The first kappa shape index (κ1) is 33.4. The first-order valence-electron chi connectivity index (χ1n) is 20.1. The minimum Gasteiger partial charge on any atom is -0.307 e. The Kier molecular flexibility index (Phi) is 7.17. The zero-order valence-electron chi connectivity index (χ0n) is 32.5. The van der Waals surface area contributed by atoms with Crippen LogP contribution in [-0.2, 0) is 5.41 Å². The lowest BCUT2D eigenvalue weighted by atomic mass is 9.78. The van der Waals surface area contributed by atoms with Crippen LogP contribution in [0.25, 0.3) is 100 Å². The van der Waals surface area contributed by atoms with Crippen molar-refractivity contribution in [1.29, 1.82) is 0 Å². The molecule has 0 bridgehead atoms. The van der Waals surface area contributed by atoms with Gasteiger partial charge in [-0.15, -0.1) is 0 Å². The van der Waals surface area contributed by atoms with E-state index in [4.69, 9.17) is 19.9 Å². The highest BCUT2D eigenvalue weighted by Gasteiger charge is 2.37. The van der Waals surface area contributed by atoms with E-state index in [1.54, 1.807) is 0 Å². The molecule has 0 amide bonds. The van der Waals surface area contributed by atoms with Gasteiger partial charge in [-0.25, -0.2) is 4.98 Å². The molecule has 0 radical (unpaired) electrons. The van der Waals surface area contributed by atoms with Gasteiger partial charge in [-0.3, -0.25) is 9.55 Å². The van der Waals surface area contributed by atoms with Gasteiger partial charge in [0.1, 0.15) is 0 Å². The van der Waals surface area contributed by atoms with E-state index in [1.165, 1.54) is 38.8 Å². The maximum absolute atomic E-state index is 5.42. The van der Waals surface area contributed by atoms with Crippen LogP contribution in [-0.4, -0.2) is 29.1 Å². The fourth-order valence-corrected chi connectivity index (χ4v) is 9.73. The Labute approximate surface area is 340 Å². The molecule has 0 saturated carbocycles. The summed E-state index contributed by atoms with van der Waals surface area (Å²) in [5.41, 5.74) is 15.5. The third-order valence-corrected chi connectivity index (χ3v) is 12.2. The lowest BCUT2D eigenvalue weighted by molar-refractivity contribution is 0.662. The van der Waals surface area contributed by atoms with E-state index < -0.39 is 0 Å². The van der Waals surface area contributed by atoms with Crippen LogP contribution in [0.15, 0.2) is 182 Å². The number of pyridine rings is 1. The molecule has 1 aliphatic rings. The summed E-state index contributed by atoms with van der Waals surface area (Å²) in [5.74, 6) is 1.75. The van der Waals surface area contributed by atoms with Gasteiger partial charge in [0.15, 0.2) is 11.6 Å². The van der Waals surface area contributed by atoms with Gasteiger partial charge in [0.05, 0.1) is 33.3 Å². The lowest BCUT2D eigenvalue weighted by Gasteiger charge is -2.25. The minimum absolute atomic E-state index is 0.170. The van der Waals surface area contributed by atoms with Gasteiger partial charge in [-0.1, -0.05) is 147 Å². The fraction of sp³-hybridized carbons (Fsp3) is 0.0566. The molecule has 0 saturated heterocycles. The van der Waals surface area contributed by atoms with Crippen molar-refractivity contribution in [1.82, 2.24) is 29.1 Å². The summed E-state index contributed by atoms with van der Waals surface area (Å²) in [6.45, 7) is 4.71. The van der Waals surface area contributed by atoms with Crippen molar-refractivity contribution in [3.63, 3.8) is 0 Å². The molecule has 1 aliphatic carbocycles. The zero-order chi connectivity index (χ0) is 39.2. The van der Waals surface area contributed by atoms with Crippen molar-refractivity contribution in [2.45, 2.75) is 19.3 Å². The van der Waals surface area contributed by atoms with Crippen molar-refractivity contribution in [2.24, 2.45) is 0 Å². The number of fused-ring (bicyclic) bond motifs is 9. The van der Waals surface area contributed by atoms with Crippen LogP contribution in [0.1, 0.15) is 25.0 Å². The standard InChI is InChI=1S/C53H36N6/c1-53(2)41-26-10-6-19-34(41)36-24-14-25-37(48(36)53)35-23-15-30-45-47(35)38-20-7-11-27-42(38)59(45)52-56-50(33-17-4-3-5-18-33)55-51(57-52)40-22-9-13-29-44(40)58-43-28-12-8-21-39(43)49-46(58)31-16-32-54-49/h3-32H,1-2H3. The smallest absolute Gasteiger partial charge is 0.238 e. The molecule has 0 atom stereocenters. The van der Waals surface area contributed by atoms with Crippen LogP contribution in [0.3, 0.4) is 0 Å². The second-order valence-corrected chi connectivity index (χ2v) is 15.8. The largest absolute Gasteiger partial charge is 0.307 e. The topological polar surface area (TPSA) is 61.4 Å². The molecule has 0 N–H and O–H groups in total. The molecule has 0 aliphatic heterocycles. The zero-order valence-corrected chi connectivity index (χ0v) is 32.5.